The van der Waals surface area contributed by atoms with Crippen LogP contribution < -0.4 is 20.7 Å². The Kier molecular flexibility index (Phi) is 9.51. The van der Waals surface area contributed by atoms with Crippen LogP contribution in [0.3, 0.4) is 0 Å². The normalized spacial score (nSPS) is 12.2. The Morgan fingerprint density at radius 3 is 2.66 bits per heavy atom. The molecule has 1 amide bonds. The third-order valence-corrected chi connectivity index (χ3v) is 4.02. The van der Waals surface area contributed by atoms with Gasteiger partial charge in [0.2, 0.25) is 5.91 Å². The highest BCUT2D eigenvalue weighted by atomic mass is 16.5. The molecule has 2 aromatic carbocycles. The van der Waals surface area contributed by atoms with Crippen LogP contribution in [0.1, 0.15) is 31.9 Å². The second-order valence-corrected chi connectivity index (χ2v) is 6.46. The zero-order valence-corrected chi connectivity index (χ0v) is 17.0. The van der Waals surface area contributed by atoms with Gasteiger partial charge in [-0.2, -0.15) is 0 Å². The van der Waals surface area contributed by atoms with Crippen LogP contribution in [-0.4, -0.2) is 43.2 Å². The average molecular weight is 399 g/mol. The van der Waals surface area contributed by atoms with Gasteiger partial charge in [0.15, 0.2) is 5.96 Å². The summed E-state index contributed by atoms with van der Waals surface area (Å²) in [6.07, 6.45) is 0.0228. The summed E-state index contributed by atoms with van der Waals surface area (Å²) in [5.41, 5.74) is 1.60. The molecule has 7 heteroatoms. The summed E-state index contributed by atoms with van der Waals surface area (Å²) >= 11 is 0. The van der Waals surface area contributed by atoms with Gasteiger partial charge in [-0.25, -0.2) is 0 Å². The van der Waals surface area contributed by atoms with Gasteiger partial charge in [0.05, 0.1) is 12.6 Å². The Labute approximate surface area is 172 Å². The molecule has 0 radical (unpaired) electrons. The topological polar surface area (TPSA) is 95.0 Å². The number of hydrogen-bond donors (Lipinski definition) is 4. The number of carbonyl (C=O) groups is 1. The third-order valence-electron chi connectivity index (χ3n) is 4.02. The minimum atomic E-state index is -0.526. The molecule has 156 valence electrons. The van der Waals surface area contributed by atoms with E-state index in [0.717, 1.165) is 12.1 Å². The summed E-state index contributed by atoms with van der Waals surface area (Å²) in [6, 6.07) is 16.9. The minimum absolute atomic E-state index is 0.118. The highest BCUT2D eigenvalue weighted by Gasteiger charge is 2.06. The fourth-order valence-electron chi connectivity index (χ4n) is 2.69. The molecule has 1 unspecified atom stereocenters. The van der Waals surface area contributed by atoms with Gasteiger partial charge in [0, 0.05) is 31.8 Å². The van der Waals surface area contributed by atoms with Gasteiger partial charge in [-0.1, -0.05) is 36.4 Å². The molecule has 0 aromatic heterocycles. The molecule has 7 nitrogen and oxygen atoms in total. The molecule has 29 heavy (non-hydrogen) atoms. The summed E-state index contributed by atoms with van der Waals surface area (Å²) in [7, 11) is 0. The molecule has 0 spiro atoms. The number of anilines is 1. The van der Waals surface area contributed by atoms with E-state index in [2.05, 4.69) is 20.9 Å². The predicted octanol–water partition coefficient (Wildman–Crippen LogP) is 2.70. The average Bonchev–Trinajstić information content (AvgIpc) is 2.71. The first-order chi connectivity index (χ1) is 14.1. The van der Waals surface area contributed by atoms with Gasteiger partial charge < -0.3 is 25.8 Å². The van der Waals surface area contributed by atoms with Crippen LogP contribution in [0.25, 0.3) is 0 Å². The Balaban J connectivity index is 1.75. The number of guanidine groups is 1. The van der Waals surface area contributed by atoms with E-state index in [4.69, 9.17) is 4.74 Å². The van der Waals surface area contributed by atoms with Crippen LogP contribution in [0.5, 0.6) is 5.75 Å². The van der Waals surface area contributed by atoms with Crippen LogP contribution in [0.4, 0.5) is 5.69 Å². The first-order valence-electron chi connectivity index (χ1n) is 9.84. The highest BCUT2D eigenvalue weighted by molar-refractivity contribution is 5.88. The van der Waals surface area contributed by atoms with Crippen molar-refractivity contribution in [3.05, 3.63) is 60.2 Å². The van der Waals surface area contributed by atoms with Crippen LogP contribution in [0, 0.1) is 0 Å². The van der Waals surface area contributed by atoms with E-state index in [1.807, 2.05) is 55.5 Å². The highest BCUT2D eigenvalue weighted by Crippen LogP contribution is 2.17. The maximum absolute atomic E-state index is 11.1. The van der Waals surface area contributed by atoms with E-state index in [1.54, 1.807) is 6.07 Å². The van der Waals surface area contributed by atoms with E-state index in [-0.39, 0.29) is 5.91 Å². The van der Waals surface area contributed by atoms with Crippen molar-refractivity contribution in [2.45, 2.75) is 26.4 Å². The fraction of sp³-hybridized carbons (Fsp3) is 0.364. The molecule has 4 N–H and O–H groups in total. The van der Waals surface area contributed by atoms with E-state index in [9.17, 15) is 9.90 Å². The molecular formula is C22H30N4O3. The lowest BCUT2D eigenvalue weighted by Crippen LogP contribution is -2.39. The molecule has 0 fully saturated rings. The summed E-state index contributed by atoms with van der Waals surface area (Å²) in [4.78, 5) is 15.6. The zero-order chi connectivity index (χ0) is 20.9. The van der Waals surface area contributed by atoms with Gasteiger partial charge in [-0.3, -0.25) is 9.79 Å². The van der Waals surface area contributed by atoms with Crippen LogP contribution in [0.15, 0.2) is 59.6 Å². The second-order valence-electron chi connectivity index (χ2n) is 6.46. The van der Waals surface area contributed by atoms with Crippen molar-refractivity contribution in [3.8, 4) is 5.75 Å². The number of nitrogens with one attached hydrogen (secondary N) is 3. The first-order valence-corrected chi connectivity index (χ1v) is 9.84. The first kappa shape index (κ1) is 22.2. The zero-order valence-electron chi connectivity index (χ0n) is 17.0. The summed E-state index contributed by atoms with van der Waals surface area (Å²) in [5.74, 6) is 1.25. The molecule has 2 rings (SSSR count). The van der Waals surface area contributed by atoms with Gasteiger partial charge in [-0.05, 0) is 31.0 Å². The number of ether oxygens (including phenoxy) is 1. The lowest BCUT2D eigenvalue weighted by Gasteiger charge is -2.13. The fourth-order valence-corrected chi connectivity index (χ4v) is 2.69. The number of hydrogen-bond acceptors (Lipinski definition) is 4. The Hall–Kier alpha value is -3.06. The van der Waals surface area contributed by atoms with E-state index >= 15 is 0 Å². The van der Waals surface area contributed by atoms with Crippen molar-refractivity contribution in [1.29, 1.82) is 0 Å². The van der Waals surface area contributed by atoms with Gasteiger partial charge in [0.1, 0.15) is 12.4 Å². The predicted molar refractivity (Wildman–Crippen MR) is 116 cm³/mol. The van der Waals surface area contributed by atoms with Crippen molar-refractivity contribution >= 4 is 17.6 Å². The lowest BCUT2D eigenvalue weighted by atomic mass is 10.1. The molecule has 0 aliphatic heterocycles. The van der Waals surface area contributed by atoms with Crippen molar-refractivity contribution in [1.82, 2.24) is 10.6 Å². The lowest BCUT2D eigenvalue weighted by molar-refractivity contribution is -0.114. The van der Waals surface area contributed by atoms with Crippen molar-refractivity contribution in [2.75, 3.05) is 31.6 Å². The summed E-state index contributed by atoms with van der Waals surface area (Å²) < 4.78 is 5.72. The van der Waals surface area contributed by atoms with Crippen LogP contribution >= 0.6 is 0 Å². The molecule has 2 aromatic rings. The molecule has 0 heterocycles. The van der Waals surface area contributed by atoms with Crippen LogP contribution in [-0.2, 0) is 4.79 Å². The number of aliphatic hydroxyl groups excluding tert-OH is 1. The quantitative estimate of drug-likeness (QED) is 0.280. The number of nitrogens with zero attached hydrogens (tertiary/aromatic N) is 1. The van der Waals surface area contributed by atoms with Gasteiger partial charge >= 0.3 is 0 Å². The second kappa shape index (κ2) is 12.4. The SMILES string of the molecule is CCNC(=NCCC(O)c1ccccc1)NCCOc1cccc(NC(C)=O)c1. The molecule has 1 atom stereocenters. The van der Waals surface area contributed by atoms with E-state index < -0.39 is 6.10 Å². The summed E-state index contributed by atoms with van der Waals surface area (Å²) in [5, 5.41) is 19.3. The summed E-state index contributed by atoms with van der Waals surface area (Å²) in [6.45, 7) is 5.73. The number of aliphatic hydroxyl groups is 1. The molecular weight excluding hydrogens is 368 g/mol. The van der Waals surface area contributed by atoms with Crippen molar-refractivity contribution in [3.63, 3.8) is 0 Å². The largest absolute Gasteiger partial charge is 0.492 e. The maximum Gasteiger partial charge on any atom is 0.221 e. The standard InChI is InChI=1S/C22H30N4O3/c1-3-23-22(24-13-12-21(28)18-8-5-4-6-9-18)25-14-15-29-20-11-7-10-19(16-20)26-17(2)27/h4-11,16,21,28H,3,12-15H2,1-2H3,(H,26,27)(H2,23,24,25). The molecule has 0 saturated heterocycles. The van der Waals surface area contributed by atoms with E-state index in [1.165, 1.54) is 6.92 Å². The number of amides is 1. The number of aliphatic imine (C=N–C) groups is 1. The van der Waals surface area contributed by atoms with Crippen LogP contribution in [0.2, 0.25) is 0 Å². The molecule has 0 aliphatic carbocycles. The Bertz CT molecular complexity index is 781. The van der Waals surface area contributed by atoms with E-state index in [0.29, 0.717) is 43.5 Å². The van der Waals surface area contributed by atoms with Gasteiger partial charge in [-0.15, -0.1) is 0 Å². The number of carbonyl (C=O) groups excluding carboxylic acids is 1. The smallest absolute Gasteiger partial charge is 0.221 e. The monoisotopic (exact) mass is 398 g/mol. The van der Waals surface area contributed by atoms with Gasteiger partial charge in [0.25, 0.3) is 0 Å². The number of rotatable bonds is 10. The maximum atomic E-state index is 11.1. The molecule has 0 saturated carbocycles. The Morgan fingerprint density at radius 1 is 1.14 bits per heavy atom. The molecule has 0 aliphatic rings. The minimum Gasteiger partial charge on any atom is -0.492 e. The number of benzene rings is 2. The van der Waals surface area contributed by atoms with Crippen molar-refractivity contribution < 1.29 is 14.6 Å². The Morgan fingerprint density at radius 2 is 1.93 bits per heavy atom. The third kappa shape index (κ3) is 8.66. The van der Waals surface area contributed by atoms with Crippen molar-refractivity contribution in [2.24, 2.45) is 4.99 Å². The molecule has 0 bridgehead atoms.